The number of aromatic nitrogens is 2. The average molecular weight is 315 g/mol. The number of rotatable bonds is 4. The minimum absolute atomic E-state index is 0.229. The third-order valence-electron chi connectivity index (χ3n) is 4.68. The summed E-state index contributed by atoms with van der Waals surface area (Å²) in [7, 11) is 2.03. The molecular weight excluding hydrogens is 292 g/mol. The van der Waals surface area contributed by atoms with Gasteiger partial charge in [0.25, 0.3) is 0 Å². The Morgan fingerprint density at radius 1 is 1.40 bits per heavy atom. The first kappa shape index (κ1) is 14.7. The van der Waals surface area contributed by atoms with Crippen molar-refractivity contribution in [1.29, 1.82) is 0 Å². The van der Waals surface area contributed by atoms with Crippen LogP contribution in [0.1, 0.15) is 50.6 Å². The standard InChI is InChI=1S/C15H23ClN2OS/c1-18-12(9-16)10-17-14(18)20-11-13-5-8-15(19-13)6-3-2-4-7-15/h10,13H,2-9,11H2,1H3. The highest BCUT2D eigenvalue weighted by atomic mass is 35.5. The SMILES string of the molecule is Cn1c(CCl)cnc1SCC1CCC2(CCCCC2)O1. The quantitative estimate of drug-likeness (QED) is 0.617. The molecule has 2 fully saturated rings. The maximum absolute atomic E-state index is 6.40. The Labute approximate surface area is 130 Å². The Kier molecular flexibility index (Phi) is 4.63. The molecule has 1 saturated carbocycles. The lowest BCUT2D eigenvalue weighted by atomic mass is 9.83. The van der Waals surface area contributed by atoms with Crippen LogP contribution in [0.4, 0.5) is 0 Å². The minimum atomic E-state index is 0.229. The molecule has 1 aromatic heterocycles. The van der Waals surface area contributed by atoms with Gasteiger partial charge in [0.2, 0.25) is 0 Å². The van der Waals surface area contributed by atoms with Crippen LogP contribution in [0.15, 0.2) is 11.4 Å². The van der Waals surface area contributed by atoms with Gasteiger partial charge in [-0.25, -0.2) is 4.98 Å². The Morgan fingerprint density at radius 3 is 2.90 bits per heavy atom. The van der Waals surface area contributed by atoms with Gasteiger partial charge in [0, 0.05) is 12.8 Å². The van der Waals surface area contributed by atoms with E-state index >= 15 is 0 Å². The van der Waals surface area contributed by atoms with Gasteiger partial charge in [-0.3, -0.25) is 0 Å². The molecule has 1 aliphatic carbocycles. The van der Waals surface area contributed by atoms with Crippen LogP contribution in [0.2, 0.25) is 0 Å². The van der Waals surface area contributed by atoms with Crippen LogP contribution in [0.5, 0.6) is 0 Å². The van der Waals surface area contributed by atoms with Crippen molar-refractivity contribution < 1.29 is 4.74 Å². The number of imidazole rings is 1. The fraction of sp³-hybridized carbons (Fsp3) is 0.800. The smallest absolute Gasteiger partial charge is 0.168 e. The van der Waals surface area contributed by atoms with Gasteiger partial charge in [0.1, 0.15) is 0 Å². The van der Waals surface area contributed by atoms with E-state index in [9.17, 15) is 0 Å². The van der Waals surface area contributed by atoms with E-state index in [1.165, 1.54) is 44.9 Å². The summed E-state index contributed by atoms with van der Waals surface area (Å²) in [5.41, 5.74) is 1.30. The van der Waals surface area contributed by atoms with E-state index in [1.807, 2.05) is 13.2 Å². The molecule has 112 valence electrons. The Balaban J connectivity index is 1.53. The summed E-state index contributed by atoms with van der Waals surface area (Å²) in [5, 5.41) is 1.05. The molecular formula is C15H23ClN2OS. The van der Waals surface area contributed by atoms with Crippen LogP contribution in [-0.4, -0.2) is 27.0 Å². The molecule has 2 aliphatic rings. The molecule has 2 heterocycles. The molecule has 0 bridgehead atoms. The lowest BCUT2D eigenvalue weighted by molar-refractivity contribution is -0.0555. The number of halogens is 1. The fourth-order valence-corrected chi connectivity index (χ4v) is 4.68. The molecule has 1 unspecified atom stereocenters. The summed E-state index contributed by atoms with van der Waals surface area (Å²) in [6.45, 7) is 0. The predicted octanol–water partition coefficient (Wildman–Crippen LogP) is 4.13. The highest BCUT2D eigenvalue weighted by Crippen LogP contribution is 2.42. The van der Waals surface area contributed by atoms with Gasteiger partial charge in [0.15, 0.2) is 5.16 Å². The van der Waals surface area contributed by atoms with Crippen molar-refractivity contribution in [3.8, 4) is 0 Å². The molecule has 0 radical (unpaired) electrons. The number of nitrogens with zero attached hydrogens (tertiary/aromatic N) is 2. The van der Waals surface area contributed by atoms with Crippen LogP contribution in [0.25, 0.3) is 0 Å². The first-order valence-electron chi connectivity index (χ1n) is 7.60. The molecule has 1 aliphatic heterocycles. The molecule has 0 N–H and O–H groups in total. The monoisotopic (exact) mass is 314 g/mol. The van der Waals surface area contributed by atoms with E-state index in [-0.39, 0.29) is 5.60 Å². The second-order valence-electron chi connectivity index (χ2n) is 6.06. The van der Waals surface area contributed by atoms with Crippen LogP contribution in [0.3, 0.4) is 0 Å². The molecule has 3 rings (SSSR count). The molecule has 0 amide bonds. The van der Waals surface area contributed by atoms with Gasteiger partial charge in [-0.2, -0.15) is 0 Å². The maximum Gasteiger partial charge on any atom is 0.168 e. The van der Waals surface area contributed by atoms with E-state index in [1.54, 1.807) is 11.8 Å². The van der Waals surface area contributed by atoms with E-state index in [4.69, 9.17) is 16.3 Å². The molecule has 20 heavy (non-hydrogen) atoms. The predicted molar refractivity (Wildman–Crippen MR) is 83.4 cm³/mol. The van der Waals surface area contributed by atoms with E-state index in [0.717, 1.165) is 16.6 Å². The van der Waals surface area contributed by atoms with Crippen molar-refractivity contribution in [2.75, 3.05) is 5.75 Å². The van der Waals surface area contributed by atoms with Crippen molar-refractivity contribution >= 4 is 23.4 Å². The first-order valence-corrected chi connectivity index (χ1v) is 9.12. The average Bonchev–Trinajstić information content (AvgIpc) is 3.02. The molecule has 5 heteroatoms. The molecule has 3 nitrogen and oxygen atoms in total. The minimum Gasteiger partial charge on any atom is -0.371 e. The Hall–Kier alpha value is -0.190. The van der Waals surface area contributed by atoms with Gasteiger partial charge >= 0.3 is 0 Å². The van der Waals surface area contributed by atoms with Crippen molar-refractivity contribution in [3.63, 3.8) is 0 Å². The summed E-state index contributed by atoms with van der Waals surface area (Å²) in [6.07, 6.45) is 11.4. The van der Waals surface area contributed by atoms with E-state index in [0.29, 0.717) is 12.0 Å². The van der Waals surface area contributed by atoms with E-state index in [2.05, 4.69) is 9.55 Å². The normalized spacial score (nSPS) is 25.4. The number of alkyl halides is 1. The summed E-state index contributed by atoms with van der Waals surface area (Å²) < 4.78 is 8.49. The second kappa shape index (κ2) is 6.29. The number of ether oxygens (including phenoxy) is 1. The van der Waals surface area contributed by atoms with Gasteiger partial charge in [-0.1, -0.05) is 31.0 Å². The maximum atomic E-state index is 6.40. The van der Waals surface area contributed by atoms with Crippen LogP contribution < -0.4 is 0 Å². The number of thioether (sulfide) groups is 1. The third-order valence-corrected chi connectivity index (χ3v) is 6.13. The highest BCUT2D eigenvalue weighted by Gasteiger charge is 2.40. The summed E-state index contributed by atoms with van der Waals surface area (Å²) in [6, 6.07) is 0. The topological polar surface area (TPSA) is 27.1 Å². The second-order valence-corrected chi connectivity index (χ2v) is 7.31. The van der Waals surface area contributed by atoms with Crippen LogP contribution in [0, 0.1) is 0 Å². The molecule has 1 spiro atoms. The molecule has 1 atom stereocenters. The first-order chi connectivity index (χ1) is 9.72. The van der Waals surface area contributed by atoms with Gasteiger partial charge in [-0.15, -0.1) is 11.6 Å². The van der Waals surface area contributed by atoms with Gasteiger partial charge in [-0.05, 0) is 25.7 Å². The van der Waals surface area contributed by atoms with Crippen molar-refractivity contribution in [3.05, 3.63) is 11.9 Å². The van der Waals surface area contributed by atoms with Crippen molar-refractivity contribution in [2.24, 2.45) is 7.05 Å². The Bertz CT molecular complexity index is 457. The fourth-order valence-electron chi connectivity index (χ4n) is 3.43. The number of hydrogen-bond donors (Lipinski definition) is 0. The highest BCUT2D eigenvalue weighted by molar-refractivity contribution is 7.99. The third kappa shape index (κ3) is 3.02. The number of hydrogen-bond acceptors (Lipinski definition) is 3. The molecule has 0 aromatic carbocycles. The zero-order valence-electron chi connectivity index (χ0n) is 12.1. The van der Waals surface area contributed by atoms with Crippen molar-refractivity contribution in [2.45, 2.75) is 67.7 Å². The Morgan fingerprint density at radius 2 is 2.20 bits per heavy atom. The largest absolute Gasteiger partial charge is 0.371 e. The zero-order chi connectivity index (χ0) is 14.0. The van der Waals surface area contributed by atoms with Crippen LogP contribution in [-0.2, 0) is 17.7 Å². The molecule has 1 saturated heterocycles. The lowest BCUT2D eigenvalue weighted by Gasteiger charge is -2.33. The summed E-state index contributed by atoms with van der Waals surface area (Å²) >= 11 is 7.67. The zero-order valence-corrected chi connectivity index (χ0v) is 13.7. The van der Waals surface area contributed by atoms with E-state index < -0.39 is 0 Å². The van der Waals surface area contributed by atoms with Crippen LogP contribution >= 0.6 is 23.4 Å². The lowest BCUT2D eigenvalue weighted by Crippen LogP contribution is -2.32. The van der Waals surface area contributed by atoms with Crippen molar-refractivity contribution in [1.82, 2.24) is 9.55 Å². The summed E-state index contributed by atoms with van der Waals surface area (Å²) in [4.78, 5) is 4.44. The summed E-state index contributed by atoms with van der Waals surface area (Å²) in [5.74, 6) is 1.53. The molecule has 1 aromatic rings. The van der Waals surface area contributed by atoms with Gasteiger partial charge in [0.05, 0.1) is 29.5 Å². The van der Waals surface area contributed by atoms with Gasteiger partial charge < -0.3 is 9.30 Å².